The molecule has 7 nitrogen and oxygen atoms in total. The van der Waals surface area contributed by atoms with Gasteiger partial charge in [0.1, 0.15) is 5.75 Å². The number of ether oxygens (including phenoxy) is 1. The maximum atomic E-state index is 11.8. The van der Waals surface area contributed by atoms with Crippen molar-refractivity contribution in [2.75, 3.05) is 6.61 Å². The van der Waals surface area contributed by atoms with Crippen LogP contribution in [0.25, 0.3) is 0 Å². The van der Waals surface area contributed by atoms with E-state index in [4.69, 9.17) is 16.3 Å². The van der Waals surface area contributed by atoms with Crippen molar-refractivity contribution >= 4 is 28.9 Å². The van der Waals surface area contributed by atoms with Gasteiger partial charge in [-0.1, -0.05) is 23.7 Å². The van der Waals surface area contributed by atoms with E-state index in [0.29, 0.717) is 22.0 Å². The molecule has 0 bridgehead atoms. The lowest BCUT2D eigenvalue weighted by atomic mass is 10.1. The van der Waals surface area contributed by atoms with Crippen LogP contribution in [0, 0.1) is 17.0 Å². The van der Waals surface area contributed by atoms with Crippen LogP contribution in [0.4, 0.5) is 5.69 Å². The summed E-state index contributed by atoms with van der Waals surface area (Å²) in [6.45, 7) is 3.15. The van der Waals surface area contributed by atoms with Gasteiger partial charge in [0.15, 0.2) is 6.61 Å². The molecule has 2 rings (SSSR count). The Labute approximate surface area is 149 Å². The molecule has 0 spiro atoms. The van der Waals surface area contributed by atoms with E-state index in [-0.39, 0.29) is 12.3 Å². The van der Waals surface area contributed by atoms with E-state index in [2.05, 4.69) is 10.5 Å². The summed E-state index contributed by atoms with van der Waals surface area (Å²) in [7, 11) is 0. The maximum absolute atomic E-state index is 11.8. The number of nitrogens with one attached hydrogen (secondary N) is 1. The lowest BCUT2D eigenvalue weighted by Crippen LogP contribution is -2.25. The minimum atomic E-state index is -0.497. The predicted molar refractivity (Wildman–Crippen MR) is 95.1 cm³/mol. The molecule has 0 aliphatic carbocycles. The maximum Gasteiger partial charge on any atom is 0.278 e. The highest BCUT2D eigenvalue weighted by atomic mass is 35.5. The Morgan fingerprint density at radius 1 is 1.32 bits per heavy atom. The van der Waals surface area contributed by atoms with Crippen LogP contribution in [-0.4, -0.2) is 23.1 Å². The van der Waals surface area contributed by atoms with Crippen molar-refractivity contribution in [1.29, 1.82) is 0 Å². The van der Waals surface area contributed by atoms with Gasteiger partial charge in [0.05, 0.1) is 16.2 Å². The fourth-order valence-electron chi connectivity index (χ4n) is 2.10. The van der Waals surface area contributed by atoms with E-state index in [9.17, 15) is 14.9 Å². The van der Waals surface area contributed by atoms with Gasteiger partial charge in [-0.25, -0.2) is 5.43 Å². The Balaban J connectivity index is 1.99. The number of hydrogen-bond acceptors (Lipinski definition) is 5. The lowest BCUT2D eigenvalue weighted by Gasteiger charge is -2.08. The second-order valence-corrected chi connectivity index (χ2v) is 5.64. The van der Waals surface area contributed by atoms with Gasteiger partial charge in [0.25, 0.3) is 11.6 Å². The minimum Gasteiger partial charge on any atom is -0.483 e. The Kier molecular flexibility index (Phi) is 6.08. The SMILES string of the molecule is C/C(=N/NC(=O)COc1ccc(Cl)cc1C)c1ccccc1[N+](=O)[O-]. The summed E-state index contributed by atoms with van der Waals surface area (Å²) in [6.07, 6.45) is 0. The molecule has 25 heavy (non-hydrogen) atoms. The average Bonchev–Trinajstić information content (AvgIpc) is 2.58. The number of rotatable bonds is 6. The number of hydrazone groups is 1. The standard InChI is InChI=1S/C17H16ClN3O4/c1-11-9-13(18)7-8-16(11)25-10-17(22)20-19-12(2)14-5-3-4-6-15(14)21(23)24/h3-9H,10H2,1-2H3,(H,20,22)/b19-12-. The molecule has 0 radical (unpaired) electrons. The molecular formula is C17H16ClN3O4. The monoisotopic (exact) mass is 361 g/mol. The third kappa shape index (κ3) is 5.02. The molecule has 130 valence electrons. The van der Waals surface area contributed by atoms with Gasteiger partial charge >= 0.3 is 0 Å². The molecule has 0 heterocycles. The third-order valence-corrected chi connectivity index (χ3v) is 3.57. The largest absolute Gasteiger partial charge is 0.483 e. The number of amides is 1. The molecule has 2 aromatic carbocycles. The summed E-state index contributed by atoms with van der Waals surface area (Å²) in [5.41, 5.74) is 3.71. The van der Waals surface area contributed by atoms with Crippen LogP contribution in [0.2, 0.25) is 5.02 Å². The third-order valence-electron chi connectivity index (χ3n) is 3.33. The average molecular weight is 362 g/mol. The van der Waals surface area contributed by atoms with Crippen molar-refractivity contribution in [3.8, 4) is 5.75 Å². The van der Waals surface area contributed by atoms with Gasteiger partial charge in [-0.05, 0) is 43.7 Å². The van der Waals surface area contributed by atoms with Crippen LogP contribution in [0.3, 0.4) is 0 Å². The number of carbonyl (C=O) groups excluding carboxylic acids is 1. The normalized spacial score (nSPS) is 11.1. The molecule has 0 unspecified atom stereocenters. The molecule has 1 amide bonds. The van der Waals surface area contributed by atoms with Crippen LogP contribution in [0.1, 0.15) is 18.1 Å². The number of nitro groups is 1. The predicted octanol–water partition coefficient (Wildman–Crippen LogP) is 3.48. The molecule has 0 fully saturated rings. The topological polar surface area (TPSA) is 93.8 Å². The van der Waals surface area contributed by atoms with Crippen LogP contribution in [0.5, 0.6) is 5.75 Å². The zero-order valence-electron chi connectivity index (χ0n) is 13.7. The summed E-state index contributed by atoms with van der Waals surface area (Å²) in [5.74, 6) is 0.0613. The Morgan fingerprint density at radius 2 is 2.04 bits per heavy atom. The molecule has 0 saturated heterocycles. The highest BCUT2D eigenvalue weighted by Gasteiger charge is 2.15. The zero-order valence-corrected chi connectivity index (χ0v) is 14.4. The van der Waals surface area contributed by atoms with Gasteiger partial charge in [0.2, 0.25) is 0 Å². The van der Waals surface area contributed by atoms with Crippen LogP contribution < -0.4 is 10.2 Å². The number of aryl methyl sites for hydroxylation is 1. The van der Waals surface area contributed by atoms with E-state index in [0.717, 1.165) is 5.56 Å². The fourth-order valence-corrected chi connectivity index (χ4v) is 2.32. The number of para-hydroxylation sites is 1. The van der Waals surface area contributed by atoms with E-state index in [1.165, 1.54) is 6.07 Å². The van der Waals surface area contributed by atoms with Crippen molar-refractivity contribution in [1.82, 2.24) is 5.43 Å². The summed E-state index contributed by atoms with van der Waals surface area (Å²) >= 11 is 5.86. The first-order chi connectivity index (χ1) is 11.9. The van der Waals surface area contributed by atoms with E-state index < -0.39 is 10.8 Å². The van der Waals surface area contributed by atoms with E-state index in [1.807, 2.05) is 6.92 Å². The molecule has 2 aromatic rings. The summed E-state index contributed by atoms with van der Waals surface area (Å²) in [5, 5.41) is 15.5. The van der Waals surface area contributed by atoms with Crippen LogP contribution in [-0.2, 0) is 4.79 Å². The van der Waals surface area contributed by atoms with Gasteiger partial charge in [0, 0.05) is 11.1 Å². The Bertz CT molecular complexity index is 836. The molecule has 8 heteroatoms. The molecule has 0 aliphatic rings. The number of hydrogen-bond donors (Lipinski definition) is 1. The highest BCUT2D eigenvalue weighted by Crippen LogP contribution is 2.21. The highest BCUT2D eigenvalue weighted by molar-refractivity contribution is 6.30. The van der Waals surface area contributed by atoms with Gasteiger partial charge < -0.3 is 4.74 Å². The Hall–Kier alpha value is -2.93. The molecule has 0 saturated carbocycles. The number of nitrogens with zero attached hydrogens (tertiary/aromatic N) is 2. The van der Waals surface area contributed by atoms with Crippen LogP contribution in [0.15, 0.2) is 47.6 Å². The van der Waals surface area contributed by atoms with Gasteiger partial charge in [-0.2, -0.15) is 5.10 Å². The summed E-state index contributed by atoms with van der Waals surface area (Å²) in [6, 6.07) is 11.2. The quantitative estimate of drug-likeness (QED) is 0.484. The number of carbonyl (C=O) groups is 1. The zero-order chi connectivity index (χ0) is 18.4. The van der Waals surface area contributed by atoms with E-state index in [1.54, 1.807) is 43.3 Å². The first-order valence-electron chi connectivity index (χ1n) is 7.34. The van der Waals surface area contributed by atoms with Crippen LogP contribution >= 0.6 is 11.6 Å². The molecule has 0 atom stereocenters. The summed E-state index contributed by atoms with van der Waals surface area (Å²) in [4.78, 5) is 22.4. The van der Waals surface area contributed by atoms with Crippen molar-refractivity contribution in [3.05, 3.63) is 68.7 Å². The molecule has 0 aliphatic heterocycles. The molecular weight excluding hydrogens is 346 g/mol. The van der Waals surface area contributed by atoms with Crippen molar-refractivity contribution in [3.63, 3.8) is 0 Å². The van der Waals surface area contributed by atoms with Crippen molar-refractivity contribution in [2.45, 2.75) is 13.8 Å². The van der Waals surface area contributed by atoms with Gasteiger partial charge in [-0.15, -0.1) is 0 Å². The lowest BCUT2D eigenvalue weighted by molar-refractivity contribution is -0.385. The van der Waals surface area contributed by atoms with Gasteiger partial charge in [-0.3, -0.25) is 14.9 Å². The van der Waals surface area contributed by atoms with E-state index >= 15 is 0 Å². The fraction of sp³-hybridized carbons (Fsp3) is 0.176. The van der Waals surface area contributed by atoms with Crippen molar-refractivity contribution in [2.24, 2.45) is 5.10 Å². The second-order valence-electron chi connectivity index (χ2n) is 5.20. The number of benzene rings is 2. The van der Waals surface area contributed by atoms with Crippen molar-refractivity contribution < 1.29 is 14.5 Å². The smallest absolute Gasteiger partial charge is 0.278 e. The first kappa shape index (κ1) is 18.4. The molecule has 0 aromatic heterocycles. The molecule has 1 N–H and O–H groups in total. The second kappa shape index (κ2) is 8.25. The Morgan fingerprint density at radius 3 is 2.72 bits per heavy atom. The minimum absolute atomic E-state index is 0.0777. The summed E-state index contributed by atoms with van der Waals surface area (Å²) < 4.78 is 5.41. The number of halogens is 1. The number of nitro benzene ring substituents is 1. The first-order valence-corrected chi connectivity index (χ1v) is 7.72.